The standard InChI is InChI=1S/C13H21FN4O6S/c14-4-8-3-9(15-5-8)7-23-16-12(19)11-2-1-10-6-17(11)13(20)18(10)24-25(21)22/h8-11,15H,1-7H2,(H,16,19)(H,21,22)/p-1/t8-,9+,10?,11?/m0/s1. The van der Waals surface area contributed by atoms with Crippen LogP contribution in [0.2, 0.25) is 0 Å². The molecule has 0 aromatic heterocycles. The lowest BCUT2D eigenvalue weighted by atomic mass is 10.0. The van der Waals surface area contributed by atoms with Crippen molar-refractivity contribution < 1.29 is 31.9 Å². The molecule has 0 radical (unpaired) electrons. The van der Waals surface area contributed by atoms with Crippen LogP contribution in [0.15, 0.2) is 0 Å². The van der Waals surface area contributed by atoms with Gasteiger partial charge in [0.25, 0.3) is 5.91 Å². The van der Waals surface area contributed by atoms with E-state index in [0.29, 0.717) is 25.8 Å². The van der Waals surface area contributed by atoms with Gasteiger partial charge in [-0.25, -0.2) is 14.5 Å². The third-order valence-corrected chi connectivity index (χ3v) is 5.04. The molecule has 3 heterocycles. The van der Waals surface area contributed by atoms with Crippen LogP contribution < -0.4 is 10.8 Å². The Balaban J connectivity index is 1.47. The van der Waals surface area contributed by atoms with E-state index in [0.717, 1.165) is 5.06 Å². The molecule has 0 aromatic rings. The lowest BCUT2D eigenvalue weighted by Gasteiger charge is -2.29. The molecule has 0 aromatic carbocycles. The molecule has 12 heteroatoms. The summed E-state index contributed by atoms with van der Waals surface area (Å²) >= 11 is -2.85. The molecule has 3 amide bonds. The number of halogens is 1. The van der Waals surface area contributed by atoms with E-state index >= 15 is 0 Å². The van der Waals surface area contributed by atoms with Crippen LogP contribution >= 0.6 is 0 Å². The minimum absolute atomic E-state index is 0.0267. The van der Waals surface area contributed by atoms with Crippen molar-refractivity contribution in [3.63, 3.8) is 0 Å². The first-order chi connectivity index (χ1) is 12.0. The van der Waals surface area contributed by atoms with Crippen molar-refractivity contribution in [3.05, 3.63) is 0 Å². The van der Waals surface area contributed by atoms with Crippen LogP contribution in [0.3, 0.4) is 0 Å². The lowest BCUT2D eigenvalue weighted by molar-refractivity contribution is -0.139. The number of nitrogens with one attached hydrogen (secondary N) is 2. The van der Waals surface area contributed by atoms with Crippen molar-refractivity contribution in [2.45, 2.75) is 37.4 Å². The molecule has 142 valence electrons. The van der Waals surface area contributed by atoms with Gasteiger partial charge in [0.1, 0.15) is 17.4 Å². The zero-order valence-electron chi connectivity index (χ0n) is 13.4. The van der Waals surface area contributed by atoms with Gasteiger partial charge in [-0.1, -0.05) is 0 Å². The fraction of sp³-hybridized carbons (Fsp3) is 0.846. The Labute approximate surface area is 146 Å². The van der Waals surface area contributed by atoms with E-state index in [4.69, 9.17) is 4.84 Å². The predicted octanol–water partition coefficient (Wildman–Crippen LogP) is -1.02. The van der Waals surface area contributed by atoms with E-state index in [1.165, 1.54) is 4.90 Å². The van der Waals surface area contributed by atoms with Crippen LogP contribution in [0.5, 0.6) is 0 Å². The molecular weight excluding hydrogens is 359 g/mol. The van der Waals surface area contributed by atoms with Crippen molar-refractivity contribution in [3.8, 4) is 0 Å². The van der Waals surface area contributed by atoms with E-state index in [-0.39, 0.29) is 31.8 Å². The Morgan fingerprint density at radius 2 is 2.28 bits per heavy atom. The Bertz CT molecular complexity index is 555. The Morgan fingerprint density at radius 1 is 1.48 bits per heavy atom. The van der Waals surface area contributed by atoms with Crippen LogP contribution in [0.25, 0.3) is 0 Å². The summed E-state index contributed by atoms with van der Waals surface area (Å²) in [7, 11) is 0. The van der Waals surface area contributed by atoms with Crippen LogP contribution in [0, 0.1) is 5.92 Å². The fourth-order valence-electron chi connectivity index (χ4n) is 3.50. The van der Waals surface area contributed by atoms with E-state index in [1.807, 2.05) is 0 Å². The average molecular weight is 379 g/mol. The summed E-state index contributed by atoms with van der Waals surface area (Å²) in [6, 6.07) is -1.82. The number of hydrogen-bond donors (Lipinski definition) is 2. The molecule has 25 heavy (non-hydrogen) atoms. The molecule has 2 bridgehead atoms. The maximum atomic E-state index is 12.6. The van der Waals surface area contributed by atoms with Crippen molar-refractivity contribution in [2.75, 3.05) is 26.4 Å². The van der Waals surface area contributed by atoms with Gasteiger partial charge in [0.05, 0.1) is 19.3 Å². The highest BCUT2D eigenvalue weighted by Crippen LogP contribution is 2.30. The number of amides is 3. The topological polar surface area (TPSA) is 123 Å². The monoisotopic (exact) mass is 379 g/mol. The maximum absolute atomic E-state index is 12.6. The number of nitrogens with zero attached hydrogens (tertiary/aromatic N) is 2. The normalized spacial score (nSPS) is 33.0. The molecule has 3 aliphatic rings. The van der Waals surface area contributed by atoms with Crippen LogP contribution in [-0.2, 0) is 25.3 Å². The highest BCUT2D eigenvalue weighted by Gasteiger charge is 2.48. The van der Waals surface area contributed by atoms with Crippen LogP contribution in [0.1, 0.15) is 19.3 Å². The zero-order chi connectivity index (χ0) is 18.0. The number of alkyl halides is 1. The van der Waals surface area contributed by atoms with Gasteiger partial charge in [-0.05, 0) is 19.3 Å². The van der Waals surface area contributed by atoms with Gasteiger partial charge < -0.3 is 14.8 Å². The molecular formula is C13H20FN4O6S-. The first-order valence-corrected chi connectivity index (χ1v) is 9.08. The molecule has 0 saturated carbocycles. The molecule has 3 unspecified atom stereocenters. The Hall–Kier alpha value is -1.34. The SMILES string of the molecule is O=C(NOC[C@H]1C[C@@H](CF)CN1)C1CCC2CN1C(=O)N2OS(=O)[O-]. The number of piperidine rings is 1. The number of urea groups is 1. The first-order valence-electron chi connectivity index (χ1n) is 8.08. The molecule has 0 aliphatic carbocycles. The molecule has 3 aliphatic heterocycles. The fourth-order valence-corrected chi connectivity index (χ4v) is 3.81. The Morgan fingerprint density at radius 3 is 2.96 bits per heavy atom. The number of carbonyl (C=O) groups is 2. The second-order valence-electron chi connectivity index (χ2n) is 6.42. The van der Waals surface area contributed by atoms with Crippen molar-refractivity contribution >= 4 is 23.3 Å². The van der Waals surface area contributed by atoms with Crippen molar-refractivity contribution in [1.29, 1.82) is 0 Å². The number of carbonyl (C=O) groups excluding carboxylic acids is 2. The van der Waals surface area contributed by atoms with E-state index < -0.39 is 35.4 Å². The molecule has 2 N–H and O–H groups in total. The van der Waals surface area contributed by atoms with E-state index in [1.54, 1.807) is 0 Å². The first kappa shape index (κ1) is 18.5. The van der Waals surface area contributed by atoms with Gasteiger partial charge in [0, 0.05) is 25.0 Å². The van der Waals surface area contributed by atoms with Crippen molar-refractivity contribution in [2.24, 2.45) is 5.92 Å². The van der Waals surface area contributed by atoms with E-state index in [9.17, 15) is 22.7 Å². The van der Waals surface area contributed by atoms with Crippen molar-refractivity contribution in [1.82, 2.24) is 20.8 Å². The summed E-state index contributed by atoms with van der Waals surface area (Å²) in [5.74, 6) is -0.503. The number of hydroxylamine groups is 3. The van der Waals surface area contributed by atoms with E-state index in [2.05, 4.69) is 15.1 Å². The van der Waals surface area contributed by atoms with Gasteiger partial charge in [0.15, 0.2) is 0 Å². The van der Waals surface area contributed by atoms with Gasteiger partial charge in [-0.15, -0.1) is 0 Å². The second kappa shape index (κ2) is 7.91. The largest absolute Gasteiger partial charge is 0.748 e. The molecule has 3 rings (SSSR count). The minimum atomic E-state index is -2.85. The number of fused-ring (bicyclic) bond motifs is 2. The summed E-state index contributed by atoms with van der Waals surface area (Å²) in [6.07, 6.45) is 1.46. The number of hydrogen-bond acceptors (Lipinski definition) is 7. The molecule has 0 spiro atoms. The average Bonchev–Trinajstić information content (AvgIpc) is 3.14. The molecule has 10 nitrogen and oxygen atoms in total. The highest BCUT2D eigenvalue weighted by molar-refractivity contribution is 7.74. The van der Waals surface area contributed by atoms with Gasteiger partial charge >= 0.3 is 6.03 Å². The second-order valence-corrected chi connectivity index (χ2v) is 6.98. The zero-order valence-corrected chi connectivity index (χ0v) is 14.2. The van der Waals surface area contributed by atoms with Gasteiger partial charge in [0.2, 0.25) is 0 Å². The quantitative estimate of drug-likeness (QED) is 0.428. The smallest absolute Gasteiger partial charge is 0.346 e. The minimum Gasteiger partial charge on any atom is -0.748 e. The summed E-state index contributed by atoms with van der Waals surface area (Å²) in [5.41, 5.74) is 2.32. The Kier molecular flexibility index (Phi) is 5.84. The van der Waals surface area contributed by atoms with Crippen LogP contribution in [-0.4, -0.2) is 75.2 Å². The summed E-state index contributed by atoms with van der Waals surface area (Å²) in [5, 5.41) is 3.89. The molecule has 5 atom stereocenters. The van der Waals surface area contributed by atoms with Gasteiger partial charge in [-0.3, -0.25) is 14.0 Å². The predicted molar refractivity (Wildman–Crippen MR) is 80.7 cm³/mol. The lowest BCUT2D eigenvalue weighted by Crippen LogP contribution is -2.50. The summed E-state index contributed by atoms with van der Waals surface area (Å²) in [4.78, 5) is 30.9. The third-order valence-electron chi connectivity index (χ3n) is 4.76. The highest BCUT2D eigenvalue weighted by atomic mass is 32.2. The number of rotatable bonds is 7. The third kappa shape index (κ3) is 4.08. The maximum Gasteiger partial charge on any atom is 0.346 e. The van der Waals surface area contributed by atoms with Gasteiger partial charge in [-0.2, -0.15) is 9.35 Å². The molecule has 3 saturated heterocycles. The summed E-state index contributed by atoms with van der Waals surface area (Å²) in [6.45, 7) is 0.622. The molecule has 3 fully saturated rings. The summed E-state index contributed by atoms with van der Waals surface area (Å²) < 4.78 is 38.4. The van der Waals surface area contributed by atoms with Crippen LogP contribution in [0.4, 0.5) is 9.18 Å².